The van der Waals surface area contributed by atoms with E-state index in [1.54, 1.807) is 0 Å². The molecule has 0 amide bonds. The van der Waals surface area contributed by atoms with Crippen LogP contribution in [0.3, 0.4) is 0 Å². The first kappa shape index (κ1) is 18.7. The Kier molecular flexibility index (Phi) is 8.83. The SMILES string of the molecule is CC(C)=CCCC(C)CCN(CCN(C)C)c1ccccn1. The van der Waals surface area contributed by atoms with Crippen molar-refractivity contribution in [1.82, 2.24) is 9.88 Å². The Morgan fingerprint density at radius 3 is 2.50 bits per heavy atom. The first-order chi connectivity index (χ1) is 10.5. The number of pyridine rings is 1. The number of likely N-dealkylation sites (N-methyl/N-ethyl adjacent to an activating group) is 1. The number of hydrogen-bond donors (Lipinski definition) is 0. The average Bonchev–Trinajstić information content (AvgIpc) is 2.47. The molecule has 1 aromatic heterocycles. The quantitative estimate of drug-likeness (QED) is 0.603. The molecule has 0 fully saturated rings. The highest BCUT2D eigenvalue weighted by atomic mass is 15.2. The maximum Gasteiger partial charge on any atom is 0.128 e. The molecule has 0 saturated carbocycles. The van der Waals surface area contributed by atoms with Crippen LogP contribution in [0, 0.1) is 5.92 Å². The maximum atomic E-state index is 4.52. The van der Waals surface area contributed by atoms with Crippen molar-refractivity contribution in [3.63, 3.8) is 0 Å². The van der Waals surface area contributed by atoms with E-state index in [-0.39, 0.29) is 0 Å². The van der Waals surface area contributed by atoms with Crippen LogP contribution in [-0.4, -0.2) is 43.6 Å². The van der Waals surface area contributed by atoms with Gasteiger partial charge in [0.05, 0.1) is 0 Å². The van der Waals surface area contributed by atoms with E-state index in [2.05, 4.69) is 67.9 Å². The van der Waals surface area contributed by atoms with Crippen molar-refractivity contribution in [3.8, 4) is 0 Å². The molecule has 0 aromatic carbocycles. The van der Waals surface area contributed by atoms with Gasteiger partial charge < -0.3 is 9.80 Å². The van der Waals surface area contributed by atoms with E-state index < -0.39 is 0 Å². The Morgan fingerprint density at radius 1 is 1.14 bits per heavy atom. The second-order valence-corrected chi connectivity index (χ2v) is 6.73. The monoisotopic (exact) mass is 303 g/mol. The zero-order valence-corrected chi connectivity index (χ0v) is 15.0. The van der Waals surface area contributed by atoms with Crippen LogP contribution in [0.4, 0.5) is 5.82 Å². The van der Waals surface area contributed by atoms with E-state index in [9.17, 15) is 0 Å². The molecule has 22 heavy (non-hydrogen) atoms. The van der Waals surface area contributed by atoms with E-state index >= 15 is 0 Å². The molecule has 1 unspecified atom stereocenters. The van der Waals surface area contributed by atoms with Crippen LogP contribution in [0.25, 0.3) is 0 Å². The molecule has 0 aliphatic rings. The maximum absolute atomic E-state index is 4.52. The van der Waals surface area contributed by atoms with E-state index in [0.717, 1.165) is 31.4 Å². The van der Waals surface area contributed by atoms with Crippen molar-refractivity contribution in [3.05, 3.63) is 36.0 Å². The molecule has 0 spiro atoms. The van der Waals surface area contributed by atoms with Crippen molar-refractivity contribution in [2.75, 3.05) is 38.6 Å². The van der Waals surface area contributed by atoms with E-state index in [1.165, 1.54) is 24.8 Å². The lowest BCUT2D eigenvalue weighted by atomic mass is 10.0. The fraction of sp³-hybridized carbons (Fsp3) is 0.632. The van der Waals surface area contributed by atoms with Crippen LogP contribution in [0.5, 0.6) is 0 Å². The van der Waals surface area contributed by atoms with Gasteiger partial charge in [0, 0.05) is 25.8 Å². The molecular weight excluding hydrogens is 270 g/mol. The number of aromatic nitrogens is 1. The van der Waals surface area contributed by atoms with Gasteiger partial charge in [-0.25, -0.2) is 4.98 Å². The fourth-order valence-electron chi connectivity index (χ4n) is 2.38. The summed E-state index contributed by atoms with van der Waals surface area (Å²) in [5.74, 6) is 1.85. The van der Waals surface area contributed by atoms with Gasteiger partial charge in [0.2, 0.25) is 0 Å². The molecular formula is C19H33N3. The molecule has 0 aliphatic carbocycles. The van der Waals surface area contributed by atoms with E-state index in [0.29, 0.717) is 0 Å². The minimum Gasteiger partial charge on any atom is -0.355 e. The van der Waals surface area contributed by atoms with Gasteiger partial charge in [-0.15, -0.1) is 0 Å². The minimum absolute atomic E-state index is 0.751. The first-order valence-electron chi connectivity index (χ1n) is 8.43. The van der Waals surface area contributed by atoms with Crippen molar-refractivity contribution in [2.45, 2.75) is 40.0 Å². The highest BCUT2D eigenvalue weighted by Crippen LogP contribution is 2.16. The van der Waals surface area contributed by atoms with Gasteiger partial charge in [-0.3, -0.25) is 0 Å². The molecule has 0 aliphatic heterocycles. The second-order valence-electron chi connectivity index (χ2n) is 6.73. The van der Waals surface area contributed by atoms with E-state index in [4.69, 9.17) is 0 Å². The summed E-state index contributed by atoms with van der Waals surface area (Å²) in [5, 5.41) is 0. The van der Waals surface area contributed by atoms with Crippen LogP contribution in [0.1, 0.15) is 40.0 Å². The summed E-state index contributed by atoms with van der Waals surface area (Å²) in [6.45, 7) is 9.89. The van der Waals surface area contributed by atoms with E-state index in [1.807, 2.05) is 12.3 Å². The largest absolute Gasteiger partial charge is 0.355 e. The minimum atomic E-state index is 0.751. The average molecular weight is 303 g/mol. The van der Waals surface area contributed by atoms with Gasteiger partial charge in [-0.1, -0.05) is 24.6 Å². The summed E-state index contributed by atoms with van der Waals surface area (Å²) >= 11 is 0. The molecule has 3 heteroatoms. The normalized spacial score (nSPS) is 12.3. The molecule has 1 heterocycles. The molecule has 3 nitrogen and oxygen atoms in total. The highest BCUT2D eigenvalue weighted by molar-refractivity contribution is 5.37. The molecule has 0 N–H and O–H groups in total. The van der Waals surface area contributed by atoms with Crippen molar-refractivity contribution in [2.24, 2.45) is 5.92 Å². The summed E-state index contributed by atoms with van der Waals surface area (Å²) in [6, 6.07) is 6.17. The molecule has 0 bridgehead atoms. The molecule has 1 aromatic rings. The predicted molar refractivity (Wildman–Crippen MR) is 97.5 cm³/mol. The van der Waals surface area contributed by atoms with Crippen molar-refractivity contribution in [1.29, 1.82) is 0 Å². The van der Waals surface area contributed by atoms with Gasteiger partial charge in [0.1, 0.15) is 5.82 Å². The topological polar surface area (TPSA) is 19.4 Å². The number of anilines is 1. The van der Waals surface area contributed by atoms with Crippen LogP contribution >= 0.6 is 0 Å². The number of allylic oxidation sites excluding steroid dienone is 2. The predicted octanol–water partition coefficient (Wildman–Crippen LogP) is 4.22. The molecule has 0 saturated heterocycles. The van der Waals surface area contributed by atoms with Gasteiger partial charge >= 0.3 is 0 Å². The summed E-state index contributed by atoms with van der Waals surface area (Å²) < 4.78 is 0. The Bertz CT molecular complexity index is 422. The molecule has 1 atom stereocenters. The zero-order valence-electron chi connectivity index (χ0n) is 15.0. The summed E-state index contributed by atoms with van der Waals surface area (Å²) in [6.07, 6.45) is 7.93. The van der Waals surface area contributed by atoms with Crippen LogP contribution < -0.4 is 4.90 Å². The lowest BCUT2D eigenvalue weighted by Crippen LogP contribution is -2.33. The van der Waals surface area contributed by atoms with Gasteiger partial charge in [-0.05, 0) is 65.3 Å². The third-order valence-electron chi connectivity index (χ3n) is 3.89. The zero-order chi connectivity index (χ0) is 16.4. The third kappa shape index (κ3) is 8.18. The van der Waals surface area contributed by atoms with Gasteiger partial charge in [0.15, 0.2) is 0 Å². The third-order valence-corrected chi connectivity index (χ3v) is 3.89. The Morgan fingerprint density at radius 2 is 1.91 bits per heavy atom. The van der Waals surface area contributed by atoms with Crippen LogP contribution in [0.2, 0.25) is 0 Å². The van der Waals surface area contributed by atoms with Crippen molar-refractivity contribution >= 4 is 5.82 Å². The van der Waals surface area contributed by atoms with Gasteiger partial charge in [-0.2, -0.15) is 0 Å². The molecule has 0 radical (unpaired) electrons. The summed E-state index contributed by atoms with van der Waals surface area (Å²) in [7, 11) is 4.25. The summed E-state index contributed by atoms with van der Waals surface area (Å²) in [4.78, 5) is 9.16. The Labute approximate surface area is 137 Å². The summed E-state index contributed by atoms with van der Waals surface area (Å²) in [5.41, 5.74) is 1.42. The standard InChI is InChI=1S/C19H33N3/c1-17(2)9-8-10-18(3)12-14-22(16-15-21(4)5)19-11-6-7-13-20-19/h6-7,9,11,13,18H,8,10,12,14-16H2,1-5H3. The highest BCUT2D eigenvalue weighted by Gasteiger charge is 2.10. The Balaban J connectivity index is 2.48. The fourth-order valence-corrected chi connectivity index (χ4v) is 2.38. The first-order valence-corrected chi connectivity index (χ1v) is 8.43. The van der Waals surface area contributed by atoms with Crippen molar-refractivity contribution < 1.29 is 0 Å². The lowest BCUT2D eigenvalue weighted by molar-refractivity contribution is 0.406. The van der Waals surface area contributed by atoms with Crippen LogP contribution in [-0.2, 0) is 0 Å². The lowest BCUT2D eigenvalue weighted by Gasteiger charge is -2.26. The van der Waals surface area contributed by atoms with Crippen LogP contribution in [0.15, 0.2) is 36.0 Å². The molecule has 124 valence electrons. The molecule has 1 rings (SSSR count). The number of rotatable bonds is 10. The van der Waals surface area contributed by atoms with Gasteiger partial charge in [0.25, 0.3) is 0 Å². The smallest absolute Gasteiger partial charge is 0.128 e. The Hall–Kier alpha value is -1.35. The second kappa shape index (κ2) is 10.4. The number of nitrogens with zero attached hydrogens (tertiary/aromatic N) is 3. The number of hydrogen-bond acceptors (Lipinski definition) is 3.